The lowest BCUT2D eigenvalue weighted by Crippen LogP contribution is -2.56. The highest BCUT2D eigenvalue weighted by molar-refractivity contribution is 5.11. The lowest BCUT2D eigenvalue weighted by molar-refractivity contribution is -0.154. The second-order valence-corrected chi connectivity index (χ2v) is 14.7. The van der Waals surface area contributed by atoms with Crippen LogP contribution >= 0.6 is 0 Å². The van der Waals surface area contributed by atoms with Gasteiger partial charge >= 0.3 is 0 Å². The van der Waals surface area contributed by atoms with E-state index in [0.29, 0.717) is 17.4 Å². The van der Waals surface area contributed by atoms with E-state index < -0.39 is 5.60 Å². The van der Waals surface area contributed by atoms with E-state index in [1.807, 2.05) is 0 Å². The normalized spacial score (nSPS) is 45.0. The average Bonchev–Trinajstić information content (AvgIpc) is 3.14. The van der Waals surface area contributed by atoms with Crippen molar-refractivity contribution >= 4 is 0 Å². The summed E-state index contributed by atoms with van der Waals surface area (Å²) in [5.41, 5.74) is 0.617. The summed E-state index contributed by atoms with van der Waals surface area (Å²) in [7, 11) is 0. The molecule has 4 rings (SSSR count). The zero-order chi connectivity index (χ0) is 24.6. The van der Waals surface area contributed by atoms with Crippen molar-refractivity contribution in [2.24, 2.45) is 52.3 Å². The highest BCUT2D eigenvalue weighted by Gasteiger charge is 2.61. The first-order valence-corrected chi connectivity index (χ1v) is 15.5. The van der Waals surface area contributed by atoms with Crippen LogP contribution in [-0.4, -0.2) is 22.4 Å². The number of aliphatic hydroxyl groups is 2. The topological polar surface area (TPSA) is 40.5 Å². The Labute approximate surface area is 212 Å². The van der Waals surface area contributed by atoms with Crippen LogP contribution in [0.25, 0.3) is 0 Å². The third kappa shape index (κ3) is 5.16. The fourth-order valence-electron chi connectivity index (χ4n) is 10.3. The maximum absolute atomic E-state index is 11.4. The Morgan fingerprint density at radius 1 is 0.765 bits per heavy atom. The summed E-state index contributed by atoms with van der Waals surface area (Å²) in [6, 6.07) is 0. The molecule has 198 valence electrons. The van der Waals surface area contributed by atoms with Gasteiger partial charge < -0.3 is 10.2 Å². The van der Waals surface area contributed by atoms with Gasteiger partial charge in [-0.3, -0.25) is 0 Å². The third-order valence-corrected chi connectivity index (χ3v) is 12.3. The largest absolute Gasteiger partial charge is 0.396 e. The number of hydrogen-bond acceptors (Lipinski definition) is 2. The zero-order valence-electron chi connectivity index (χ0n) is 23.5. The summed E-state index contributed by atoms with van der Waals surface area (Å²) in [5.74, 6) is 6.23. The Kier molecular flexibility index (Phi) is 8.51. The van der Waals surface area contributed by atoms with E-state index in [0.717, 1.165) is 80.0 Å². The van der Waals surface area contributed by atoms with Gasteiger partial charge in [-0.05, 0) is 123 Å². The molecule has 4 fully saturated rings. The van der Waals surface area contributed by atoms with Crippen LogP contribution in [0.2, 0.25) is 0 Å². The van der Waals surface area contributed by atoms with Crippen LogP contribution in [0.3, 0.4) is 0 Å². The summed E-state index contributed by atoms with van der Waals surface area (Å²) in [4.78, 5) is 0. The third-order valence-electron chi connectivity index (χ3n) is 12.3. The number of rotatable bonds is 10. The molecule has 0 saturated heterocycles. The highest BCUT2D eigenvalue weighted by atomic mass is 16.3. The van der Waals surface area contributed by atoms with Gasteiger partial charge in [0.15, 0.2) is 0 Å². The van der Waals surface area contributed by atoms with Crippen LogP contribution in [0, 0.1) is 52.3 Å². The fourth-order valence-corrected chi connectivity index (χ4v) is 10.3. The molecule has 34 heavy (non-hydrogen) atoms. The fraction of sp³-hybridized carbons (Fsp3) is 1.00. The van der Waals surface area contributed by atoms with Crippen LogP contribution in [0.15, 0.2) is 0 Å². The van der Waals surface area contributed by atoms with E-state index in [2.05, 4.69) is 34.6 Å². The maximum Gasteiger partial charge on any atom is 0.0650 e. The molecule has 0 aromatic heterocycles. The smallest absolute Gasteiger partial charge is 0.0650 e. The SMILES string of the molecule is CC(C)CCC[C@@H](C)[C@H]1CCC2C3CCC4CC(O)(CCCCCO)CC[C@]4(C)C3CC[C@@]21C. The van der Waals surface area contributed by atoms with E-state index in [4.69, 9.17) is 5.11 Å². The van der Waals surface area contributed by atoms with E-state index in [9.17, 15) is 5.11 Å². The molecule has 5 unspecified atom stereocenters. The van der Waals surface area contributed by atoms with Gasteiger partial charge in [-0.1, -0.05) is 66.7 Å². The molecular weight excluding hydrogens is 416 g/mol. The molecule has 0 bridgehead atoms. The van der Waals surface area contributed by atoms with Crippen LogP contribution in [0.1, 0.15) is 137 Å². The molecule has 4 saturated carbocycles. The van der Waals surface area contributed by atoms with Gasteiger partial charge in [0.25, 0.3) is 0 Å². The molecule has 0 heterocycles. The number of unbranched alkanes of at least 4 members (excludes halogenated alkanes) is 2. The average molecular weight is 475 g/mol. The molecule has 0 spiro atoms. The van der Waals surface area contributed by atoms with Gasteiger partial charge in [0.1, 0.15) is 0 Å². The zero-order valence-corrected chi connectivity index (χ0v) is 23.5. The first-order valence-electron chi connectivity index (χ1n) is 15.5. The Morgan fingerprint density at radius 3 is 2.26 bits per heavy atom. The minimum atomic E-state index is -0.431. The van der Waals surface area contributed by atoms with Gasteiger partial charge in [0, 0.05) is 6.61 Å². The molecule has 0 amide bonds. The number of fused-ring (bicyclic) bond motifs is 5. The van der Waals surface area contributed by atoms with E-state index >= 15 is 0 Å². The Balaban J connectivity index is 1.39. The monoisotopic (exact) mass is 474 g/mol. The molecule has 2 heteroatoms. The highest BCUT2D eigenvalue weighted by Crippen LogP contribution is 2.69. The Hall–Kier alpha value is -0.0800. The van der Waals surface area contributed by atoms with Crippen molar-refractivity contribution < 1.29 is 10.2 Å². The van der Waals surface area contributed by atoms with Crippen molar-refractivity contribution in [1.29, 1.82) is 0 Å². The summed E-state index contributed by atoms with van der Waals surface area (Å²) in [6.07, 6.45) is 20.2. The molecule has 4 aliphatic rings. The predicted molar refractivity (Wildman–Crippen MR) is 144 cm³/mol. The first kappa shape index (κ1) is 27.0. The molecule has 4 aliphatic carbocycles. The van der Waals surface area contributed by atoms with Gasteiger partial charge in [0.05, 0.1) is 5.60 Å². The van der Waals surface area contributed by atoms with Gasteiger partial charge in [0.2, 0.25) is 0 Å². The lowest BCUT2D eigenvalue weighted by atomic mass is 9.43. The summed E-state index contributed by atoms with van der Waals surface area (Å²) < 4.78 is 0. The minimum absolute atomic E-state index is 0.292. The van der Waals surface area contributed by atoms with Gasteiger partial charge in [-0.25, -0.2) is 0 Å². The van der Waals surface area contributed by atoms with E-state index in [1.54, 1.807) is 0 Å². The molecule has 9 atom stereocenters. The van der Waals surface area contributed by atoms with Crippen molar-refractivity contribution in [2.45, 2.75) is 143 Å². The number of aliphatic hydroxyl groups excluding tert-OH is 1. The van der Waals surface area contributed by atoms with Crippen LogP contribution in [0.4, 0.5) is 0 Å². The van der Waals surface area contributed by atoms with Crippen molar-refractivity contribution in [2.75, 3.05) is 6.61 Å². The second kappa shape index (κ2) is 10.7. The summed E-state index contributed by atoms with van der Waals surface area (Å²) >= 11 is 0. The summed E-state index contributed by atoms with van der Waals surface area (Å²) in [5, 5.41) is 20.5. The van der Waals surface area contributed by atoms with E-state index in [-0.39, 0.29) is 0 Å². The quantitative estimate of drug-likeness (QED) is 0.312. The van der Waals surface area contributed by atoms with E-state index in [1.165, 1.54) is 64.2 Å². The molecule has 0 aromatic carbocycles. The number of hydrogen-bond donors (Lipinski definition) is 2. The van der Waals surface area contributed by atoms with Crippen molar-refractivity contribution in [3.8, 4) is 0 Å². The summed E-state index contributed by atoms with van der Waals surface area (Å²) in [6.45, 7) is 13.0. The second-order valence-electron chi connectivity index (χ2n) is 14.7. The maximum atomic E-state index is 11.4. The molecule has 0 aromatic rings. The van der Waals surface area contributed by atoms with Crippen LogP contribution in [0.5, 0.6) is 0 Å². The lowest BCUT2D eigenvalue weighted by Gasteiger charge is -2.62. The minimum Gasteiger partial charge on any atom is -0.396 e. The van der Waals surface area contributed by atoms with Gasteiger partial charge in [-0.15, -0.1) is 0 Å². The van der Waals surface area contributed by atoms with Crippen molar-refractivity contribution in [1.82, 2.24) is 0 Å². The van der Waals surface area contributed by atoms with Crippen LogP contribution < -0.4 is 0 Å². The Bertz CT molecular complexity index is 659. The molecule has 2 nitrogen and oxygen atoms in total. The molecular formula is C32H58O2. The van der Waals surface area contributed by atoms with Crippen molar-refractivity contribution in [3.63, 3.8) is 0 Å². The molecule has 0 aliphatic heterocycles. The van der Waals surface area contributed by atoms with Gasteiger partial charge in [-0.2, -0.15) is 0 Å². The first-order chi connectivity index (χ1) is 16.1. The molecule has 2 N–H and O–H groups in total. The predicted octanol–water partition coefficient (Wildman–Crippen LogP) is 8.39. The van der Waals surface area contributed by atoms with Crippen molar-refractivity contribution in [3.05, 3.63) is 0 Å². The standard InChI is InChI=1S/C32H58O2/c1-23(2)10-9-11-24(3)27-14-15-28-26-13-12-25-22-32(34,17-7-6-8-21-33)20-19-30(25,4)29(26)16-18-31(27,28)5/h23-29,33-34H,6-22H2,1-5H3/t24-,25?,26?,27-,28?,29?,30+,31-,32?/m1/s1. The Morgan fingerprint density at radius 2 is 1.53 bits per heavy atom. The molecule has 0 radical (unpaired) electrons. The van der Waals surface area contributed by atoms with Crippen LogP contribution in [-0.2, 0) is 0 Å².